The minimum absolute atomic E-state index is 0.0929. The summed E-state index contributed by atoms with van der Waals surface area (Å²) in [5, 5.41) is 10.7. The van der Waals surface area contributed by atoms with E-state index in [9.17, 15) is 22.8 Å². The first-order chi connectivity index (χ1) is 11.8. The van der Waals surface area contributed by atoms with Gasteiger partial charge in [-0.3, -0.25) is 9.59 Å². The number of nitrogens with one attached hydrogen (secondary N) is 1. The number of carbonyl (C=O) groups excluding carboxylic acids is 2. The van der Waals surface area contributed by atoms with Crippen molar-refractivity contribution in [1.82, 2.24) is 14.9 Å². The summed E-state index contributed by atoms with van der Waals surface area (Å²) in [5.41, 5.74) is 0.224. The lowest BCUT2D eigenvalue weighted by atomic mass is 10.3. The highest BCUT2D eigenvalue weighted by molar-refractivity contribution is 5.82. The Kier molecular flexibility index (Phi) is 5.59. The molecule has 0 fully saturated rings. The zero-order valence-electron chi connectivity index (χ0n) is 12.8. The highest BCUT2D eigenvalue weighted by atomic mass is 19.4. The molecule has 0 aliphatic heterocycles. The predicted octanol–water partition coefficient (Wildman–Crippen LogP) is 1.63. The van der Waals surface area contributed by atoms with Gasteiger partial charge in [0.2, 0.25) is 5.82 Å². The molecular weight excluding hydrogens is 341 g/mol. The smallest absolute Gasteiger partial charge is 0.449 e. The second kappa shape index (κ2) is 7.65. The molecule has 132 valence electrons. The van der Waals surface area contributed by atoms with E-state index in [4.69, 9.17) is 5.26 Å². The molecule has 0 spiro atoms. The number of aromatic nitrogens is 2. The minimum atomic E-state index is -4.74. The molecule has 1 aromatic carbocycles. The van der Waals surface area contributed by atoms with E-state index in [0.29, 0.717) is 4.57 Å². The van der Waals surface area contributed by atoms with Crippen molar-refractivity contribution in [1.29, 1.82) is 5.26 Å². The van der Waals surface area contributed by atoms with Gasteiger partial charge in [0.1, 0.15) is 6.54 Å². The molecule has 0 saturated carbocycles. The van der Waals surface area contributed by atoms with Gasteiger partial charge in [-0.1, -0.05) is 12.1 Å². The molecule has 7 nitrogen and oxygen atoms in total. The van der Waals surface area contributed by atoms with E-state index in [-0.39, 0.29) is 24.0 Å². The Morgan fingerprint density at radius 2 is 2.04 bits per heavy atom. The molecule has 25 heavy (non-hydrogen) atoms. The monoisotopic (exact) mass is 354 g/mol. The molecule has 1 amide bonds. The van der Waals surface area contributed by atoms with Gasteiger partial charge in [0.05, 0.1) is 23.5 Å². The van der Waals surface area contributed by atoms with Crippen molar-refractivity contribution >= 4 is 22.9 Å². The van der Waals surface area contributed by atoms with E-state index >= 15 is 0 Å². The van der Waals surface area contributed by atoms with Crippen LogP contribution in [0.25, 0.3) is 11.0 Å². The number of fused-ring (bicyclic) bond motifs is 1. The molecule has 0 aliphatic carbocycles. The molecule has 2 rings (SSSR count). The molecule has 0 unspecified atom stereocenters. The van der Waals surface area contributed by atoms with Crippen molar-refractivity contribution in [2.45, 2.75) is 19.1 Å². The lowest BCUT2D eigenvalue weighted by molar-refractivity contribution is -0.153. The molecule has 1 N–H and O–H groups in total. The van der Waals surface area contributed by atoms with E-state index in [1.165, 1.54) is 24.3 Å². The third-order valence-corrected chi connectivity index (χ3v) is 3.12. The number of esters is 1. The number of nitriles is 1. The maximum atomic E-state index is 13.1. The number of hydrogen-bond acceptors (Lipinski definition) is 5. The van der Waals surface area contributed by atoms with Gasteiger partial charge in [-0.15, -0.1) is 0 Å². The molecule has 2 aromatic rings. The Morgan fingerprint density at radius 3 is 2.72 bits per heavy atom. The number of hydrogen-bond donors (Lipinski definition) is 1. The largest absolute Gasteiger partial charge is 0.454 e. The van der Waals surface area contributed by atoms with Gasteiger partial charge in [0.25, 0.3) is 5.91 Å². The average molecular weight is 354 g/mol. The van der Waals surface area contributed by atoms with Crippen molar-refractivity contribution in [2.75, 3.05) is 13.2 Å². The predicted molar refractivity (Wildman–Crippen MR) is 78.9 cm³/mol. The van der Waals surface area contributed by atoms with Gasteiger partial charge >= 0.3 is 12.1 Å². The highest BCUT2D eigenvalue weighted by Gasteiger charge is 2.38. The molecule has 0 radical (unpaired) electrons. The molecule has 0 bridgehead atoms. The number of nitrogens with zero attached hydrogens (tertiary/aromatic N) is 3. The summed E-state index contributed by atoms with van der Waals surface area (Å²) in [6, 6.07) is 7.67. The Labute approximate surface area is 140 Å². The molecule has 1 aromatic heterocycles. The molecule has 0 atom stereocenters. The Morgan fingerprint density at radius 1 is 1.32 bits per heavy atom. The number of ether oxygens (including phenoxy) is 1. The summed E-state index contributed by atoms with van der Waals surface area (Å²) in [5.74, 6) is -2.87. The minimum Gasteiger partial charge on any atom is -0.454 e. The molecule has 0 saturated heterocycles. The second-order valence-electron chi connectivity index (χ2n) is 4.93. The van der Waals surface area contributed by atoms with Crippen LogP contribution in [0.5, 0.6) is 0 Å². The van der Waals surface area contributed by atoms with Crippen molar-refractivity contribution in [3.63, 3.8) is 0 Å². The standard InChI is InChI=1S/C15H13F3N4O3/c16-15(17,18)14-21-10-4-1-2-5-11(10)22(14)8-13(24)25-9-12(23)20-7-3-6-19/h1-2,4-5H,3,7-9H2,(H,20,23). The fraction of sp³-hybridized carbons (Fsp3) is 0.333. The van der Waals surface area contributed by atoms with Crippen LogP contribution in [0.3, 0.4) is 0 Å². The van der Waals surface area contributed by atoms with Gasteiger partial charge < -0.3 is 14.6 Å². The van der Waals surface area contributed by atoms with E-state index in [1.807, 2.05) is 6.07 Å². The zero-order chi connectivity index (χ0) is 18.4. The highest BCUT2D eigenvalue weighted by Crippen LogP contribution is 2.31. The van der Waals surface area contributed by atoms with Gasteiger partial charge in [0.15, 0.2) is 6.61 Å². The topological polar surface area (TPSA) is 97.0 Å². The lowest BCUT2D eigenvalue weighted by Gasteiger charge is -2.11. The van der Waals surface area contributed by atoms with Crippen LogP contribution in [0.15, 0.2) is 24.3 Å². The zero-order valence-corrected chi connectivity index (χ0v) is 12.8. The van der Waals surface area contributed by atoms with Gasteiger partial charge in [-0.25, -0.2) is 4.98 Å². The van der Waals surface area contributed by atoms with Crippen LogP contribution in [0.2, 0.25) is 0 Å². The summed E-state index contributed by atoms with van der Waals surface area (Å²) in [6.07, 6.45) is -4.65. The maximum Gasteiger partial charge on any atom is 0.449 e. The van der Waals surface area contributed by atoms with E-state index in [1.54, 1.807) is 0 Å². The van der Waals surface area contributed by atoms with Gasteiger partial charge in [0, 0.05) is 6.54 Å². The average Bonchev–Trinajstić information content (AvgIpc) is 2.92. The van der Waals surface area contributed by atoms with Crippen molar-refractivity contribution in [3.8, 4) is 6.07 Å². The molecular formula is C15H13F3N4O3. The molecule has 10 heteroatoms. The summed E-state index contributed by atoms with van der Waals surface area (Å²) in [6.45, 7) is -1.28. The maximum absolute atomic E-state index is 13.1. The number of alkyl halides is 3. The van der Waals surface area contributed by atoms with Crippen LogP contribution in [0, 0.1) is 11.3 Å². The first-order valence-electron chi connectivity index (χ1n) is 7.14. The quantitative estimate of drug-likeness (QED) is 0.628. The third kappa shape index (κ3) is 4.69. The first kappa shape index (κ1) is 18.3. The molecule has 1 heterocycles. The van der Waals surface area contributed by atoms with Gasteiger partial charge in [-0.2, -0.15) is 18.4 Å². The molecule has 0 aliphatic rings. The van der Waals surface area contributed by atoms with E-state index < -0.39 is 37.0 Å². The fourth-order valence-corrected chi connectivity index (χ4v) is 2.08. The van der Waals surface area contributed by atoms with Crippen LogP contribution < -0.4 is 5.32 Å². The second-order valence-corrected chi connectivity index (χ2v) is 4.93. The van der Waals surface area contributed by atoms with Crippen LogP contribution in [0.1, 0.15) is 12.2 Å². The number of rotatable bonds is 6. The van der Waals surface area contributed by atoms with E-state index in [2.05, 4.69) is 15.0 Å². The van der Waals surface area contributed by atoms with Crippen molar-refractivity contribution in [3.05, 3.63) is 30.1 Å². The Balaban J connectivity index is 2.08. The Hall–Kier alpha value is -3.09. The first-order valence-corrected chi connectivity index (χ1v) is 7.14. The van der Waals surface area contributed by atoms with Gasteiger partial charge in [-0.05, 0) is 12.1 Å². The van der Waals surface area contributed by atoms with Crippen molar-refractivity contribution < 1.29 is 27.5 Å². The number of imidazole rings is 1. The van der Waals surface area contributed by atoms with E-state index in [0.717, 1.165) is 0 Å². The number of para-hydroxylation sites is 2. The van der Waals surface area contributed by atoms with Crippen molar-refractivity contribution in [2.24, 2.45) is 0 Å². The third-order valence-electron chi connectivity index (χ3n) is 3.12. The number of benzene rings is 1. The normalized spacial score (nSPS) is 11.1. The van der Waals surface area contributed by atoms with Crippen LogP contribution >= 0.6 is 0 Å². The fourth-order valence-electron chi connectivity index (χ4n) is 2.08. The number of carbonyl (C=O) groups is 2. The summed E-state index contributed by atoms with van der Waals surface area (Å²) in [4.78, 5) is 26.7. The lowest BCUT2D eigenvalue weighted by Crippen LogP contribution is -2.30. The summed E-state index contributed by atoms with van der Waals surface area (Å²) in [7, 11) is 0. The summed E-state index contributed by atoms with van der Waals surface area (Å²) >= 11 is 0. The number of halogens is 3. The summed E-state index contributed by atoms with van der Waals surface area (Å²) < 4.78 is 44.7. The van der Waals surface area contributed by atoms with Crippen LogP contribution in [-0.4, -0.2) is 34.6 Å². The van der Waals surface area contributed by atoms with Crippen LogP contribution in [-0.2, 0) is 27.0 Å². The SMILES string of the molecule is N#CCCNC(=O)COC(=O)Cn1c(C(F)(F)F)nc2ccccc21. The Bertz CT molecular complexity index is 824. The van der Waals surface area contributed by atoms with Crippen LogP contribution in [0.4, 0.5) is 13.2 Å². The number of amides is 1.